The van der Waals surface area contributed by atoms with Crippen LogP contribution in [0.4, 0.5) is 8.78 Å². The number of halogens is 2. The molecule has 2 aromatic carbocycles. The Balaban J connectivity index is 1.66. The van der Waals surface area contributed by atoms with Crippen molar-refractivity contribution in [2.75, 3.05) is 6.54 Å². The normalized spacial score (nSPS) is 13.7. The van der Waals surface area contributed by atoms with Crippen LogP contribution in [-0.4, -0.2) is 11.4 Å². The fourth-order valence-corrected chi connectivity index (χ4v) is 2.35. The summed E-state index contributed by atoms with van der Waals surface area (Å²) in [6.45, 7) is 2.32. The molecule has 0 fully saturated rings. The highest BCUT2D eigenvalue weighted by atomic mass is 19.1. The first kappa shape index (κ1) is 12.8. The zero-order valence-corrected chi connectivity index (χ0v) is 10.9. The molecule has 1 heterocycles. The zero-order valence-electron chi connectivity index (χ0n) is 10.9. The number of rotatable bonds is 1. The number of hydrogen-bond donors (Lipinski definition) is 0. The Kier molecular flexibility index (Phi) is 3.49. The number of fused-ring (bicyclic) bond motifs is 1. The quantitative estimate of drug-likeness (QED) is 0.718. The zero-order chi connectivity index (χ0) is 13.9. The van der Waals surface area contributed by atoms with Gasteiger partial charge in [-0.15, -0.1) is 0 Å². The molecule has 0 radical (unpaired) electrons. The molecule has 0 spiro atoms. The Morgan fingerprint density at radius 2 is 1.70 bits per heavy atom. The van der Waals surface area contributed by atoms with Crippen LogP contribution in [0, 0.1) is 23.5 Å². The largest absolute Gasteiger partial charge is 0.284 e. The minimum atomic E-state index is -0.609. The van der Waals surface area contributed by atoms with E-state index in [1.54, 1.807) is 0 Å². The molecule has 0 aliphatic carbocycles. The van der Waals surface area contributed by atoms with Gasteiger partial charge in [0.2, 0.25) is 0 Å². The van der Waals surface area contributed by atoms with Gasteiger partial charge in [-0.3, -0.25) is 4.90 Å². The van der Waals surface area contributed by atoms with Crippen LogP contribution in [0.5, 0.6) is 0 Å². The van der Waals surface area contributed by atoms with Crippen molar-refractivity contribution in [1.82, 2.24) is 4.90 Å². The van der Waals surface area contributed by atoms with E-state index in [1.165, 1.54) is 23.3 Å². The van der Waals surface area contributed by atoms with Crippen LogP contribution in [0.1, 0.15) is 16.7 Å². The van der Waals surface area contributed by atoms with Crippen molar-refractivity contribution in [1.29, 1.82) is 0 Å². The highest BCUT2D eigenvalue weighted by Gasteiger charge is 2.16. The van der Waals surface area contributed by atoms with Gasteiger partial charge < -0.3 is 0 Å². The van der Waals surface area contributed by atoms with E-state index in [9.17, 15) is 8.78 Å². The van der Waals surface area contributed by atoms with Gasteiger partial charge in [0.1, 0.15) is 11.6 Å². The molecule has 0 aromatic heterocycles. The van der Waals surface area contributed by atoms with Crippen LogP contribution in [-0.2, 0) is 13.1 Å². The summed E-state index contributed by atoms with van der Waals surface area (Å²) in [6, 6.07) is 11.7. The van der Waals surface area contributed by atoms with Gasteiger partial charge in [-0.25, -0.2) is 8.78 Å². The van der Waals surface area contributed by atoms with Gasteiger partial charge in [-0.2, -0.15) is 0 Å². The van der Waals surface area contributed by atoms with Crippen LogP contribution in [0.25, 0.3) is 0 Å². The Morgan fingerprint density at radius 1 is 1.00 bits per heavy atom. The van der Waals surface area contributed by atoms with E-state index in [2.05, 4.69) is 28.9 Å². The molecule has 3 rings (SSSR count). The van der Waals surface area contributed by atoms with Gasteiger partial charge in [0.05, 0.1) is 12.1 Å². The van der Waals surface area contributed by atoms with Crippen LogP contribution >= 0.6 is 0 Å². The molecule has 20 heavy (non-hydrogen) atoms. The summed E-state index contributed by atoms with van der Waals surface area (Å²) in [4.78, 5) is 2.19. The van der Waals surface area contributed by atoms with Gasteiger partial charge in [0, 0.05) is 19.2 Å². The van der Waals surface area contributed by atoms with Crippen molar-refractivity contribution < 1.29 is 8.78 Å². The van der Waals surface area contributed by atoms with Crippen LogP contribution in [0.15, 0.2) is 42.5 Å². The fraction of sp³-hybridized carbons (Fsp3) is 0.176. The van der Waals surface area contributed by atoms with Gasteiger partial charge in [0.15, 0.2) is 0 Å². The summed E-state index contributed by atoms with van der Waals surface area (Å²) in [5.41, 5.74) is 2.88. The molecule has 0 unspecified atom stereocenters. The molecule has 0 saturated carbocycles. The minimum Gasteiger partial charge on any atom is -0.284 e. The highest BCUT2D eigenvalue weighted by Crippen LogP contribution is 2.21. The second-order valence-electron chi connectivity index (χ2n) is 4.84. The molecule has 0 atom stereocenters. The maximum Gasteiger partial charge on any atom is 0.141 e. The molecular weight excluding hydrogens is 256 g/mol. The van der Waals surface area contributed by atoms with E-state index in [4.69, 9.17) is 0 Å². The summed E-state index contributed by atoms with van der Waals surface area (Å²) >= 11 is 0. The SMILES string of the molecule is Fc1ccc(C#CCN2Cc3ccccc3C2)c(F)c1. The maximum absolute atomic E-state index is 13.4. The number of hydrogen-bond acceptors (Lipinski definition) is 1. The van der Waals surface area contributed by atoms with E-state index >= 15 is 0 Å². The molecule has 0 amide bonds. The third-order valence-corrected chi connectivity index (χ3v) is 3.36. The molecule has 100 valence electrons. The monoisotopic (exact) mass is 269 g/mol. The van der Waals surface area contributed by atoms with Crippen LogP contribution < -0.4 is 0 Å². The van der Waals surface area contributed by atoms with Crippen molar-refractivity contribution in [3.05, 3.63) is 70.8 Å². The molecule has 3 heteroatoms. The second kappa shape index (κ2) is 5.44. The fourth-order valence-electron chi connectivity index (χ4n) is 2.35. The smallest absolute Gasteiger partial charge is 0.141 e. The summed E-state index contributed by atoms with van der Waals surface area (Å²) in [5.74, 6) is 4.52. The van der Waals surface area contributed by atoms with E-state index in [0.29, 0.717) is 6.54 Å². The third kappa shape index (κ3) is 2.71. The van der Waals surface area contributed by atoms with Crippen molar-refractivity contribution in [2.45, 2.75) is 13.1 Å². The first-order valence-electron chi connectivity index (χ1n) is 6.45. The molecule has 1 aliphatic rings. The number of nitrogens with zero attached hydrogens (tertiary/aromatic N) is 1. The molecule has 1 aliphatic heterocycles. The Bertz CT molecular complexity index is 673. The average Bonchev–Trinajstić information content (AvgIpc) is 2.84. The number of benzene rings is 2. The van der Waals surface area contributed by atoms with Crippen LogP contribution in [0.2, 0.25) is 0 Å². The van der Waals surface area contributed by atoms with Gasteiger partial charge in [-0.05, 0) is 23.3 Å². The average molecular weight is 269 g/mol. The summed E-state index contributed by atoms with van der Waals surface area (Å²) in [5, 5.41) is 0. The Hall–Kier alpha value is -2.18. The molecule has 2 aromatic rings. The first-order chi connectivity index (χ1) is 9.72. The maximum atomic E-state index is 13.4. The van der Waals surface area contributed by atoms with Crippen molar-refractivity contribution in [3.63, 3.8) is 0 Å². The summed E-state index contributed by atoms with van der Waals surface area (Å²) in [7, 11) is 0. The third-order valence-electron chi connectivity index (χ3n) is 3.36. The van der Waals surface area contributed by atoms with Crippen molar-refractivity contribution >= 4 is 0 Å². The standard InChI is InChI=1S/C17H13F2N/c18-16-8-7-13(17(19)10-16)6-3-9-20-11-14-4-1-2-5-15(14)12-20/h1-2,4-5,7-8,10H,9,11-12H2. The summed E-state index contributed by atoms with van der Waals surface area (Å²) in [6.07, 6.45) is 0. The minimum absolute atomic E-state index is 0.239. The van der Waals surface area contributed by atoms with Gasteiger partial charge in [-0.1, -0.05) is 36.1 Å². The lowest BCUT2D eigenvalue weighted by Crippen LogP contribution is -2.16. The molecule has 0 bridgehead atoms. The topological polar surface area (TPSA) is 3.24 Å². The highest BCUT2D eigenvalue weighted by molar-refractivity contribution is 5.36. The lowest BCUT2D eigenvalue weighted by molar-refractivity contribution is 0.322. The molecule has 0 saturated heterocycles. The molecule has 1 nitrogen and oxygen atoms in total. The Morgan fingerprint density at radius 3 is 2.35 bits per heavy atom. The molecular formula is C17H13F2N. The van der Waals surface area contributed by atoms with E-state index in [0.717, 1.165) is 19.2 Å². The van der Waals surface area contributed by atoms with E-state index < -0.39 is 11.6 Å². The van der Waals surface area contributed by atoms with Crippen molar-refractivity contribution in [3.8, 4) is 11.8 Å². The van der Waals surface area contributed by atoms with Crippen molar-refractivity contribution in [2.24, 2.45) is 0 Å². The predicted molar refractivity (Wildman–Crippen MR) is 73.8 cm³/mol. The lowest BCUT2D eigenvalue weighted by atomic mass is 10.1. The van der Waals surface area contributed by atoms with E-state index in [-0.39, 0.29) is 5.56 Å². The Labute approximate surface area is 116 Å². The molecule has 0 N–H and O–H groups in total. The van der Waals surface area contributed by atoms with Gasteiger partial charge in [0.25, 0.3) is 0 Å². The first-order valence-corrected chi connectivity index (χ1v) is 6.45. The van der Waals surface area contributed by atoms with E-state index in [1.807, 2.05) is 12.1 Å². The second-order valence-corrected chi connectivity index (χ2v) is 4.84. The predicted octanol–water partition coefficient (Wildman–Crippen LogP) is 3.33. The van der Waals surface area contributed by atoms with Gasteiger partial charge >= 0.3 is 0 Å². The lowest BCUT2D eigenvalue weighted by Gasteiger charge is -2.09. The summed E-state index contributed by atoms with van der Waals surface area (Å²) < 4.78 is 26.2. The van der Waals surface area contributed by atoms with Crippen LogP contribution in [0.3, 0.4) is 0 Å².